The van der Waals surface area contributed by atoms with Gasteiger partial charge in [-0.15, -0.1) is 11.8 Å². The van der Waals surface area contributed by atoms with Gasteiger partial charge in [-0.25, -0.2) is 9.97 Å². The van der Waals surface area contributed by atoms with Crippen molar-refractivity contribution in [1.29, 1.82) is 0 Å². The molecule has 2 atom stereocenters. The molecule has 1 saturated heterocycles. The summed E-state index contributed by atoms with van der Waals surface area (Å²) in [6.07, 6.45) is 1.37. The van der Waals surface area contributed by atoms with Crippen LogP contribution in [0.25, 0.3) is 0 Å². The van der Waals surface area contributed by atoms with Crippen molar-refractivity contribution < 1.29 is 4.74 Å². The number of aryl methyl sites for hydroxylation is 1. The van der Waals surface area contributed by atoms with E-state index in [9.17, 15) is 0 Å². The third-order valence-electron chi connectivity index (χ3n) is 2.38. The fourth-order valence-electron chi connectivity index (χ4n) is 1.59. The number of hydrogen-bond acceptors (Lipinski definition) is 4. The highest BCUT2D eigenvalue weighted by molar-refractivity contribution is 7.99. The Morgan fingerprint density at radius 2 is 2.33 bits per heavy atom. The van der Waals surface area contributed by atoms with Crippen LogP contribution < -0.4 is 0 Å². The van der Waals surface area contributed by atoms with Crippen LogP contribution >= 0.6 is 23.4 Å². The minimum atomic E-state index is 0.295. The van der Waals surface area contributed by atoms with E-state index in [0.717, 1.165) is 23.7 Å². The van der Waals surface area contributed by atoms with E-state index in [1.807, 2.05) is 13.0 Å². The van der Waals surface area contributed by atoms with E-state index in [1.54, 1.807) is 11.8 Å². The van der Waals surface area contributed by atoms with Gasteiger partial charge in [0.1, 0.15) is 5.03 Å². The molecule has 5 heteroatoms. The zero-order valence-electron chi connectivity index (χ0n) is 8.74. The van der Waals surface area contributed by atoms with Gasteiger partial charge in [0.05, 0.1) is 6.10 Å². The molecule has 2 rings (SSSR count). The summed E-state index contributed by atoms with van der Waals surface area (Å²) in [6, 6.07) is 1.96. The molecule has 82 valence electrons. The third kappa shape index (κ3) is 2.83. The molecule has 1 aromatic rings. The second-order valence-electron chi connectivity index (χ2n) is 3.64. The van der Waals surface area contributed by atoms with Gasteiger partial charge in [-0.05, 0) is 37.9 Å². The van der Waals surface area contributed by atoms with Gasteiger partial charge in [-0.3, -0.25) is 0 Å². The third-order valence-corrected chi connectivity index (χ3v) is 3.92. The van der Waals surface area contributed by atoms with Crippen molar-refractivity contribution in [3.05, 3.63) is 17.0 Å². The molecule has 15 heavy (non-hydrogen) atoms. The van der Waals surface area contributed by atoms with Crippen molar-refractivity contribution in [2.24, 2.45) is 0 Å². The van der Waals surface area contributed by atoms with E-state index >= 15 is 0 Å². The summed E-state index contributed by atoms with van der Waals surface area (Å²) in [4.78, 5) is 8.23. The summed E-state index contributed by atoms with van der Waals surface area (Å²) in [7, 11) is 0. The Morgan fingerprint density at radius 3 is 2.93 bits per heavy atom. The average Bonchev–Trinajstić information content (AvgIpc) is 2.50. The zero-order chi connectivity index (χ0) is 10.8. The van der Waals surface area contributed by atoms with E-state index in [2.05, 4.69) is 16.9 Å². The van der Waals surface area contributed by atoms with Gasteiger partial charge in [0, 0.05) is 17.6 Å². The van der Waals surface area contributed by atoms with Gasteiger partial charge in [0.2, 0.25) is 5.28 Å². The monoisotopic (exact) mass is 244 g/mol. The molecule has 0 bridgehead atoms. The maximum Gasteiger partial charge on any atom is 0.223 e. The van der Waals surface area contributed by atoms with Crippen LogP contribution in [0.2, 0.25) is 5.28 Å². The Bertz CT molecular complexity index is 341. The van der Waals surface area contributed by atoms with Gasteiger partial charge in [0.25, 0.3) is 0 Å². The van der Waals surface area contributed by atoms with Crippen LogP contribution in [0.5, 0.6) is 0 Å². The summed E-state index contributed by atoms with van der Waals surface area (Å²) in [5.74, 6) is 0. The molecule has 1 aromatic heterocycles. The standard InChI is InChI=1S/C10H13ClN2OS/c1-6-5-9(13-10(11)12-6)15-8-3-4-14-7(8)2/h5,7-8H,3-4H2,1-2H3. The second kappa shape index (κ2) is 4.68. The van der Waals surface area contributed by atoms with Crippen LogP contribution in [0.3, 0.4) is 0 Å². The molecule has 0 saturated carbocycles. The first-order chi connectivity index (χ1) is 7.15. The Kier molecular flexibility index (Phi) is 3.49. The maximum absolute atomic E-state index is 5.81. The van der Waals surface area contributed by atoms with Crippen molar-refractivity contribution in [2.75, 3.05) is 6.61 Å². The molecule has 1 aliphatic rings. The van der Waals surface area contributed by atoms with Crippen molar-refractivity contribution >= 4 is 23.4 Å². The largest absolute Gasteiger partial charge is 0.377 e. The predicted octanol–water partition coefficient (Wildman–Crippen LogP) is 2.71. The normalized spacial score (nSPS) is 25.8. The van der Waals surface area contributed by atoms with Crippen LogP contribution in [-0.2, 0) is 4.74 Å². The van der Waals surface area contributed by atoms with E-state index in [0.29, 0.717) is 16.6 Å². The number of aromatic nitrogens is 2. The second-order valence-corrected chi connectivity index (χ2v) is 5.24. The van der Waals surface area contributed by atoms with Gasteiger partial charge in [-0.1, -0.05) is 0 Å². The lowest BCUT2D eigenvalue weighted by molar-refractivity contribution is 0.127. The minimum Gasteiger partial charge on any atom is -0.377 e. The quantitative estimate of drug-likeness (QED) is 0.592. The first kappa shape index (κ1) is 11.2. The van der Waals surface area contributed by atoms with E-state index < -0.39 is 0 Å². The zero-order valence-corrected chi connectivity index (χ0v) is 10.3. The lowest BCUT2D eigenvalue weighted by Crippen LogP contribution is -2.13. The smallest absolute Gasteiger partial charge is 0.223 e. The molecule has 0 spiro atoms. The number of thioether (sulfide) groups is 1. The van der Waals surface area contributed by atoms with Crippen LogP contribution in [0.15, 0.2) is 11.1 Å². The molecule has 3 nitrogen and oxygen atoms in total. The first-order valence-corrected chi connectivity index (χ1v) is 6.20. The molecule has 0 radical (unpaired) electrons. The Hall–Kier alpha value is -0.320. The Morgan fingerprint density at radius 1 is 1.53 bits per heavy atom. The lowest BCUT2D eigenvalue weighted by atomic mass is 10.3. The number of rotatable bonds is 2. The van der Waals surface area contributed by atoms with Crippen LogP contribution in [0.1, 0.15) is 19.0 Å². The highest BCUT2D eigenvalue weighted by Crippen LogP contribution is 2.31. The summed E-state index contributed by atoms with van der Waals surface area (Å²) >= 11 is 7.53. The maximum atomic E-state index is 5.81. The summed E-state index contributed by atoms with van der Waals surface area (Å²) < 4.78 is 5.50. The number of hydrogen-bond donors (Lipinski definition) is 0. The first-order valence-electron chi connectivity index (χ1n) is 4.94. The summed E-state index contributed by atoms with van der Waals surface area (Å²) in [5, 5.41) is 1.74. The van der Waals surface area contributed by atoms with Gasteiger partial charge in [0.15, 0.2) is 0 Å². The van der Waals surface area contributed by atoms with Crippen molar-refractivity contribution in [1.82, 2.24) is 9.97 Å². The molecule has 1 fully saturated rings. The van der Waals surface area contributed by atoms with Gasteiger partial charge in [-0.2, -0.15) is 0 Å². The molecule has 0 amide bonds. The minimum absolute atomic E-state index is 0.295. The van der Waals surface area contributed by atoms with Crippen LogP contribution in [-0.4, -0.2) is 27.9 Å². The molecule has 2 unspecified atom stereocenters. The summed E-state index contributed by atoms with van der Waals surface area (Å²) in [5.41, 5.74) is 0.907. The average molecular weight is 245 g/mol. The van der Waals surface area contributed by atoms with Crippen LogP contribution in [0, 0.1) is 6.92 Å². The van der Waals surface area contributed by atoms with E-state index in [-0.39, 0.29) is 0 Å². The Labute approximate surface area is 98.6 Å². The summed E-state index contributed by atoms with van der Waals surface area (Å²) in [6.45, 7) is 4.86. The molecular weight excluding hydrogens is 232 g/mol. The van der Waals surface area contributed by atoms with E-state index in [4.69, 9.17) is 16.3 Å². The SMILES string of the molecule is Cc1cc(SC2CCOC2C)nc(Cl)n1. The number of ether oxygens (including phenoxy) is 1. The molecule has 0 N–H and O–H groups in total. The fourth-order valence-corrected chi connectivity index (χ4v) is 3.03. The topological polar surface area (TPSA) is 35.0 Å². The fraction of sp³-hybridized carbons (Fsp3) is 0.600. The predicted molar refractivity (Wildman–Crippen MR) is 61.5 cm³/mol. The Balaban J connectivity index is 2.10. The van der Waals surface area contributed by atoms with Crippen molar-refractivity contribution in [2.45, 2.75) is 36.6 Å². The number of halogens is 1. The van der Waals surface area contributed by atoms with Crippen LogP contribution in [0.4, 0.5) is 0 Å². The molecule has 2 heterocycles. The van der Waals surface area contributed by atoms with Gasteiger partial charge >= 0.3 is 0 Å². The van der Waals surface area contributed by atoms with Crippen molar-refractivity contribution in [3.8, 4) is 0 Å². The van der Waals surface area contributed by atoms with Gasteiger partial charge < -0.3 is 4.74 Å². The highest BCUT2D eigenvalue weighted by atomic mass is 35.5. The molecule has 0 aromatic carbocycles. The van der Waals surface area contributed by atoms with Crippen molar-refractivity contribution in [3.63, 3.8) is 0 Å². The lowest BCUT2D eigenvalue weighted by Gasteiger charge is -2.12. The highest BCUT2D eigenvalue weighted by Gasteiger charge is 2.25. The molecular formula is C10H13ClN2OS. The number of nitrogens with zero attached hydrogens (tertiary/aromatic N) is 2. The van der Waals surface area contributed by atoms with E-state index in [1.165, 1.54) is 0 Å². The molecule has 0 aliphatic carbocycles. The molecule has 1 aliphatic heterocycles.